The molecule has 0 unspecified atom stereocenters. The largest absolute Gasteiger partial charge is 0.493 e. The number of benzene rings is 3. The van der Waals surface area contributed by atoms with Crippen molar-refractivity contribution in [3.8, 4) is 5.75 Å². The second-order valence-electron chi connectivity index (χ2n) is 8.10. The van der Waals surface area contributed by atoms with E-state index in [9.17, 15) is 9.59 Å². The van der Waals surface area contributed by atoms with Gasteiger partial charge in [-0.1, -0.05) is 32.0 Å². The zero-order valence-electron chi connectivity index (χ0n) is 19.6. The van der Waals surface area contributed by atoms with Crippen LogP contribution in [-0.4, -0.2) is 30.1 Å². The third-order valence-corrected chi connectivity index (χ3v) is 5.15. The van der Waals surface area contributed by atoms with Crippen molar-refractivity contribution in [1.29, 1.82) is 0 Å². The van der Waals surface area contributed by atoms with Crippen molar-refractivity contribution in [3.63, 3.8) is 0 Å². The summed E-state index contributed by atoms with van der Waals surface area (Å²) in [7, 11) is 0. The van der Waals surface area contributed by atoms with Crippen LogP contribution in [0.5, 0.6) is 5.75 Å². The Morgan fingerprint density at radius 2 is 1.53 bits per heavy atom. The number of hydrogen-bond donors (Lipinski definition) is 2. The molecule has 0 aliphatic rings. The maximum absolute atomic E-state index is 12.9. The van der Waals surface area contributed by atoms with E-state index in [4.69, 9.17) is 17.0 Å². The van der Waals surface area contributed by atoms with Crippen molar-refractivity contribution in [1.82, 2.24) is 5.32 Å². The van der Waals surface area contributed by atoms with E-state index in [0.717, 1.165) is 11.4 Å². The van der Waals surface area contributed by atoms with E-state index in [1.54, 1.807) is 53.4 Å². The molecule has 0 radical (unpaired) electrons. The van der Waals surface area contributed by atoms with Crippen molar-refractivity contribution < 1.29 is 14.3 Å². The Labute approximate surface area is 205 Å². The van der Waals surface area contributed by atoms with Crippen molar-refractivity contribution in [2.75, 3.05) is 23.4 Å². The molecule has 3 aromatic carbocycles. The summed E-state index contributed by atoms with van der Waals surface area (Å²) in [6, 6.07) is 23.4. The molecule has 0 aromatic heterocycles. The zero-order chi connectivity index (χ0) is 24.5. The van der Waals surface area contributed by atoms with Gasteiger partial charge < -0.3 is 15.0 Å². The van der Waals surface area contributed by atoms with Crippen molar-refractivity contribution in [2.24, 2.45) is 5.92 Å². The SMILES string of the molecule is CCN(C(=O)c1ccc(NC(=S)NC(=O)c2ccc(OCC(C)C)cc2)cc1)c1ccccc1. The van der Waals surface area contributed by atoms with Crippen LogP contribution >= 0.6 is 12.2 Å². The number of carbonyl (C=O) groups excluding carboxylic acids is 2. The monoisotopic (exact) mass is 475 g/mol. The fourth-order valence-electron chi connectivity index (χ4n) is 3.21. The lowest BCUT2D eigenvalue weighted by molar-refractivity contribution is 0.0973. The zero-order valence-corrected chi connectivity index (χ0v) is 20.4. The minimum Gasteiger partial charge on any atom is -0.493 e. The lowest BCUT2D eigenvalue weighted by atomic mass is 10.1. The normalized spacial score (nSPS) is 10.5. The summed E-state index contributed by atoms with van der Waals surface area (Å²) >= 11 is 5.27. The van der Waals surface area contributed by atoms with Crippen LogP contribution in [0.1, 0.15) is 41.5 Å². The molecule has 0 aliphatic heterocycles. The Kier molecular flexibility index (Phi) is 8.76. The van der Waals surface area contributed by atoms with Crippen LogP contribution in [0.25, 0.3) is 0 Å². The predicted molar refractivity (Wildman–Crippen MR) is 141 cm³/mol. The summed E-state index contributed by atoms with van der Waals surface area (Å²) in [6.07, 6.45) is 0. The smallest absolute Gasteiger partial charge is 0.258 e. The van der Waals surface area contributed by atoms with Crippen LogP contribution in [0.4, 0.5) is 11.4 Å². The average Bonchev–Trinajstić information content (AvgIpc) is 2.84. The molecule has 0 spiro atoms. The average molecular weight is 476 g/mol. The highest BCUT2D eigenvalue weighted by Gasteiger charge is 2.16. The van der Waals surface area contributed by atoms with Crippen molar-refractivity contribution in [2.45, 2.75) is 20.8 Å². The fourth-order valence-corrected chi connectivity index (χ4v) is 3.42. The summed E-state index contributed by atoms with van der Waals surface area (Å²) in [5.41, 5.74) is 2.55. The van der Waals surface area contributed by atoms with Gasteiger partial charge in [0.05, 0.1) is 6.61 Å². The molecule has 0 aliphatic carbocycles. The molecule has 6 nitrogen and oxygen atoms in total. The highest BCUT2D eigenvalue weighted by atomic mass is 32.1. The van der Waals surface area contributed by atoms with Gasteiger partial charge in [0.2, 0.25) is 0 Å². The molecule has 0 saturated carbocycles. The highest BCUT2D eigenvalue weighted by Crippen LogP contribution is 2.18. The van der Waals surface area contributed by atoms with Crippen LogP contribution in [-0.2, 0) is 0 Å². The van der Waals surface area contributed by atoms with E-state index in [1.165, 1.54) is 0 Å². The summed E-state index contributed by atoms with van der Waals surface area (Å²) in [5, 5.41) is 5.81. The number of anilines is 2. The van der Waals surface area contributed by atoms with E-state index in [2.05, 4.69) is 24.5 Å². The quantitative estimate of drug-likeness (QED) is 0.420. The van der Waals surface area contributed by atoms with Gasteiger partial charge in [0.1, 0.15) is 5.75 Å². The number of hydrogen-bond acceptors (Lipinski definition) is 4. The maximum Gasteiger partial charge on any atom is 0.258 e. The lowest BCUT2D eigenvalue weighted by Crippen LogP contribution is -2.34. The van der Waals surface area contributed by atoms with Gasteiger partial charge in [0.15, 0.2) is 5.11 Å². The van der Waals surface area contributed by atoms with Gasteiger partial charge in [-0.3, -0.25) is 14.9 Å². The van der Waals surface area contributed by atoms with Crippen LogP contribution in [0.2, 0.25) is 0 Å². The standard InChI is InChI=1S/C27H29N3O3S/c1-4-30(23-8-6-5-7-9-23)26(32)21-10-14-22(15-11-21)28-27(34)29-25(31)20-12-16-24(17-13-20)33-18-19(2)3/h5-17,19H,4,18H2,1-3H3,(H2,28,29,31,34). The van der Waals surface area contributed by atoms with Crippen molar-refractivity contribution in [3.05, 3.63) is 90.0 Å². The van der Waals surface area contributed by atoms with Gasteiger partial charge >= 0.3 is 0 Å². The Morgan fingerprint density at radius 3 is 2.12 bits per heavy atom. The Bertz CT molecular complexity index is 1110. The van der Waals surface area contributed by atoms with E-state index < -0.39 is 0 Å². The minimum absolute atomic E-state index is 0.0862. The number of thiocarbonyl (C=S) groups is 1. The summed E-state index contributed by atoms with van der Waals surface area (Å²) in [4.78, 5) is 27.1. The van der Waals surface area contributed by atoms with Gasteiger partial charge in [-0.15, -0.1) is 0 Å². The van der Waals surface area contributed by atoms with Gasteiger partial charge in [-0.05, 0) is 85.7 Å². The highest BCUT2D eigenvalue weighted by molar-refractivity contribution is 7.80. The van der Waals surface area contributed by atoms with E-state index in [0.29, 0.717) is 35.9 Å². The first-order valence-corrected chi connectivity index (χ1v) is 11.6. The first kappa shape index (κ1) is 24.9. The van der Waals surface area contributed by atoms with E-state index in [1.807, 2.05) is 37.3 Å². The second-order valence-corrected chi connectivity index (χ2v) is 8.51. The van der Waals surface area contributed by atoms with Gasteiger partial charge in [0, 0.05) is 29.0 Å². The fraction of sp³-hybridized carbons (Fsp3) is 0.222. The first-order valence-electron chi connectivity index (χ1n) is 11.2. The van der Waals surface area contributed by atoms with Crippen LogP contribution < -0.4 is 20.3 Å². The molecule has 0 heterocycles. The molecular formula is C27H29N3O3S. The minimum atomic E-state index is -0.318. The Morgan fingerprint density at radius 1 is 0.912 bits per heavy atom. The predicted octanol–water partition coefficient (Wildman–Crippen LogP) is 5.51. The molecule has 3 aromatic rings. The maximum atomic E-state index is 12.9. The molecule has 176 valence electrons. The van der Waals surface area contributed by atoms with Crippen LogP contribution in [0.15, 0.2) is 78.9 Å². The number of para-hydroxylation sites is 1. The molecule has 2 amide bonds. The first-order chi connectivity index (χ1) is 16.4. The van der Waals surface area contributed by atoms with Gasteiger partial charge in [0.25, 0.3) is 11.8 Å². The molecule has 7 heteroatoms. The van der Waals surface area contributed by atoms with Gasteiger partial charge in [-0.25, -0.2) is 0 Å². The number of ether oxygens (including phenoxy) is 1. The number of amides is 2. The Balaban J connectivity index is 1.56. The summed E-state index contributed by atoms with van der Waals surface area (Å²) < 4.78 is 5.64. The number of nitrogens with zero attached hydrogens (tertiary/aromatic N) is 1. The molecule has 0 atom stereocenters. The van der Waals surface area contributed by atoms with E-state index in [-0.39, 0.29) is 16.9 Å². The topological polar surface area (TPSA) is 70.7 Å². The van der Waals surface area contributed by atoms with Gasteiger partial charge in [-0.2, -0.15) is 0 Å². The molecule has 2 N–H and O–H groups in total. The molecule has 34 heavy (non-hydrogen) atoms. The molecule has 0 saturated heterocycles. The number of rotatable bonds is 8. The van der Waals surface area contributed by atoms with Crippen molar-refractivity contribution >= 4 is 40.5 Å². The third-order valence-electron chi connectivity index (χ3n) is 4.95. The molecule has 3 rings (SSSR count). The molecular weight excluding hydrogens is 446 g/mol. The van der Waals surface area contributed by atoms with Crippen LogP contribution in [0, 0.1) is 5.92 Å². The van der Waals surface area contributed by atoms with E-state index >= 15 is 0 Å². The molecule has 0 bridgehead atoms. The second kappa shape index (κ2) is 12.0. The lowest BCUT2D eigenvalue weighted by Gasteiger charge is -2.21. The summed E-state index contributed by atoms with van der Waals surface area (Å²) in [6.45, 7) is 7.27. The number of carbonyl (C=O) groups is 2. The Hall–Kier alpha value is -3.71. The third kappa shape index (κ3) is 6.89. The number of nitrogens with one attached hydrogen (secondary N) is 2. The molecule has 0 fully saturated rings. The summed E-state index contributed by atoms with van der Waals surface area (Å²) in [5.74, 6) is 0.737. The van der Waals surface area contributed by atoms with Crippen LogP contribution in [0.3, 0.4) is 0 Å².